The lowest BCUT2D eigenvalue weighted by molar-refractivity contribution is -0.137. The molecule has 2 nitrogen and oxygen atoms in total. The molecule has 120 valence electrons. The van der Waals surface area contributed by atoms with Crippen LogP contribution in [0.5, 0.6) is 0 Å². The van der Waals surface area contributed by atoms with E-state index < -0.39 is 11.7 Å². The van der Waals surface area contributed by atoms with Gasteiger partial charge in [0.05, 0.1) is 11.6 Å². The van der Waals surface area contributed by atoms with E-state index in [1.807, 2.05) is 30.3 Å². The van der Waals surface area contributed by atoms with Crippen LogP contribution < -0.4 is 0 Å². The molecule has 3 rings (SSSR count). The Balaban J connectivity index is 1.88. The SMILES string of the molecule is O=C(c1cccc(C(F)(F)F)c1)N1CCCC1c1ccccc1. The van der Waals surface area contributed by atoms with Crippen LogP contribution in [0.4, 0.5) is 13.2 Å². The van der Waals surface area contributed by atoms with Gasteiger partial charge in [-0.1, -0.05) is 36.4 Å². The van der Waals surface area contributed by atoms with Crippen LogP contribution in [0.2, 0.25) is 0 Å². The monoisotopic (exact) mass is 319 g/mol. The summed E-state index contributed by atoms with van der Waals surface area (Å²) in [5, 5.41) is 0. The van der Waals surface area contributed by atoms with Crippen LogP contribution >= 0.6 is 0 Å². The molecule has 2 aromatic rings. The Labute approximate surface area is 132 Å². The third kappa shape index (κ3) is 3.23. The van der Waals surface area contributed by atoms with E-state index in [2.05, 4.69) is 0 Å². The normalized spacial score (nSPS) is 18.2. The third-order valence-corrected chi connectivity index (χ3v) is 4.13. The average Bonchev–Trinajstić information content (AvgIpc) is 3.04. The van der Waals surface area contributed by atoms with Gasteiger partial charge in [-0.3, -0.25) is 4.79 Å². The van der Waals surface area contributed by atoms with Crippen LogP contribution in [0.1, 0.15) is 40.4 Å². The molecule has 1 aliphatic heterocycles. The molecule has 23 heavy (non-hydrogen) atoms. The van der Waals surface area contributed by atoms with Crippen LogP contribution in [0.3, 0.4) is 0 Å². The van der Waals surface area contributed by atoms with E-state index >= 15 is 0 Å². The summed E-state index contributed by atoms with van der Waals surface area (Å²) in [5.41, 5.74) is 0.312. The topological polar surface area (TPSA) is 20.3 Å². The minimum absolute atomic E-state index is 0.0711. The molecule has 1 fully saturated rings. The number of hydrogen-bond donors (Lipinski definition) is 0. The number of amides is 1. The summed E-state index contributed by atoms with van der Waals surface area (Å²) < 4.78 is 38.5. The Kier molecular flexibility index (Phi) is 4.11. The smallest absolute Gasteiger partial charge is 0.332 e. The first-order valence-electron chi connectivity index (χ1n) is 7.50. The van der Waals surface area contributed by atoms with Crippen molar-refractivity contribution >= 4 is 5.91 Å². The zero-order valence-corrected chi connectivity index (χ0v) is 12.4. The first kappa shape index (κ1) is 15.6. The van der Waals surface area contributed by atoms with Crippen LogP contribution in [-0.4, -0.2) is 17.4 Å². The van der Waals surface area contributed by atoms with Crippen LogP contribution in [-0.2, 0) is 6.18 Å². The number of alkyl halides is 3. The largest absolute Gasteiger partial charge is 0.416 e. The van der Waals surface area contributed by atoms with Gasteiger partial charge in [0.25, 0.3) is 5.91 Å². The van der Waals surface area contributed by atoms with Gasteiger partial charge >= 0.3 is 6.18 Å². The number of rotatable bonds is 2. The predicted molar refractivity (Wildman–Crippen MR) is 80.9 cm³/mol. The van der Waals surface area contributed by atoms with Crippen molar-refractivity contribution in [2.45, 2.75) is 25.1 Å². The molecule has 0 saturated carbocycles. The standard InChI is InChI=1S/C18H16F3NO/c19-18(20,21)15-9-4-8-14(12-15)17(23)22-11-5-10-16(22)13-6-2-1-3-7-13/h1-4,6-9,12,16H,5,10-11H2. The Hall–Kier alpha value is -2.30. The van der Waals surface area contributed by atoms with Crippen LogP contribution in [0.15, 0.2) is 54.6 Å². The van der Waals surface area contributed by atoms with Gasteiger partial charge in [0, 0.05) is 12.1 Å². The van der Waals surface area contributed by atoms with E-state index in [1.54, 1.807) is 4.90 Å². The van der Waals surface area contributed by atoms with Crippen LogP contribution in [0, 0.1) is 0 Å². The highest BCUT2D eigenvalue weighted by atomic mass is 19.4. The maximum absolute atomic E-state index is 12.8. The highest BCUT2D eigenvalue weighted by molar-refractivity contribution is 5.94. The molecule has 5 heteroatoms. The first-order valence-corrected chi connectivity index (χ1v) is 7.50. The predicted octanol–water partition coefficient (Wildman–Crippen LogP) is 4.68. The first-order chi connectivity index (χ1) is 11.0. The number of carbonyl (C=O) groups excluding carboxylic acids is 1. The van der Waals surface area contributed by atoms with E-state index in [4.69, 9.17) is 0 Å². The second-order valence-electron chi connectivity index (χ2n) is 5.65. The highest BCUT2D eigenvalue weighted by Crippen LogP contribution is 2.34. The molecule has 0 N–H and O–H groups in total. The minimum atomic E-state index is -4.44. The molecule has 1 amide bonds. The highest BCUT2D eigenvalue weighted by Gasteiger charge is 2.33. The zero-order chi connectivity index (χ0) is 16.4. The third-order valence-electron chi connectivity index (χ3n) is 4.13. The maximum atomic E-state index is 12.8. The number of nitrogens with zero attached hydrogens (tertiary/aromatic N) is 1. The molecule has 1 heterocycles. The lowest BCUT2D eigenvalue weighted by Crippen LogP contribution is -2.30. The van der Waals surface area contributed by atoms with Crippen molar-refractivity contribution in [1.82, 2.24) is 4.90 Å². The maximum Gasteiger partial charge on any atom is 0.416 e. The summed E-state index contributed by atoms with van der Waals surface area (Å²) in [7, 11) is 0. The lowest BCUT2D eigenvalue weighted by Gasteiger charge is -2.25. The lowest BCUT2D eigenvalue weighted by atomic mass is 10.0. The molecule has 0 radical (unpaired) electrons. The summed E-state index contributed by atoms with van der Waals surface area (Å²) >= 11 is 0. The van der Waals surface area contributed by atoms with Crippen LogP contribution in [0.25, 0.3) is 0 Å². The average molecular weight is 319 g/mol. The quantitative estimate of drug-likeness (QED) is 0.787. The molecular weight excluding hydrogens is 303 g/mol. The van der Waals surface area contributed by atoms with Gasteiger partial charge in [0.15, 0.2) is 0 Å². The van der Waals surface area contributed by atoms with Crippen molar-refractivity contribution < 1.29 is 18.0 Å². The van der Waals surface area contributed by atoms with Crippen molar-refractivity contribution in [2.24, 2.45) is 0 Å². The Morgan fingerprint density at radius 2 is 1.78 bits per heavy atom. The number of likely N-dealkylation sites (tertiary alicyclic amines) is 1. The number of carbonyl (C=O) groups is 1. The second kappa shape index (κ2) is 6.07. The number of benzene rings is 2. The summed E-state index contributed by atoms with van der Waals surface area (Å²) in [5.74, 6) is -0.345. The van der Waals surface area contributed by atoms with E-state index in [-0.39, 0.29) is 17.5 Å². The fourth-order valence-corrected chi connectivity index (χ4v) is 3.03. The summed E-state index contributed by atoms with van der Waals surface area (Å²) in [6.07, 6.45) is -2.76. The number of hydrogen-bond acceptors (Lipinski definition) is 1. The molecule has 0 spiro atoms. The molecule has 1 unspecified atom stereocenters. The molecule has 0 aromatic heterocycles. The molecule has 2 aromatic carbocycles. The van der Waals surface area contributed by atoms with Gasteiger partial charge in [0.2, 0.25) is 0 Å². The summed E-state index contributed by atoms with van der Waals surface area (Å²) in [4.78, 5) is 14.3. The van der Waals surface area contributed by atoms with Crippen molar-refractivity contribution in [3.63, 3.8) is 0 Å². The van der Waals surface area contributed by atoms with E-state index in [0.29, 0.717) is 6.54 Å². The molecule has 1 aliphatic rings. The van der Waals surface area contributed by atoms with Gasteiger partial charge in [-0.25, -0.2) is 0 Å². The molecule has 1 atom stereocenters. The van der Waals surface area contributed by atoms with Crippen molar-refractivity contribution in [3.8, 4) is 0 Å². The second-order valence-corrected chi connectivity index (χ2v) is 5.65. The Morgan fingerprint density at radius 1 is 1.04 bits per heavy atom. The Bertz CT molecular complexity index is 697. The summed E-state index contributed by atoms with van der Waals surface area (Å²) in [6.45, 7) is 0.564. The number of halogens is 3. The van der Waals surface area contributed by atoms with E-state index in [1.165, 1.54) is 12.1 Å². The van der Waals surface area contributed by atoms with Crippen molar-refractivity contribution in [1.29, 1.82) is 0 Å². The molecule has 1 saturated heterocycles. The van der Waals surface area contributed by atoms with Gasteiger partial charge in [-0.05, 0) is 36.6 Å². The molecular formula is C18H16F3NO. The van der Waals surface area contributed by atoms with Gasteiger partial charge < -0.3 is 4.90 Å². The molecule has 0 bridgehead atoms. The summed E-state index contributed by atoms with van der Waals surface area (Å²) in [6, 6.07) is 14.2. The molecule has 0 aliphatic carbocycles. The van der Waals surface area contributed by atoms with E-state index in [9.17, 15) is 18.0 Å². The minimum Gasteiger partial charge on any atom is -0.332 e. The van der Waals surface area contributed by atoms with Gasteiger partial charge in [0.1, 0.15) is 0 Å². The zero-order valence-electron chi connectivity index (χ0n) is 12.4. The fraction of sp³-hybridized carbons (Fsp3) is 0.278. The van der Waals surface area contributed by atoms with Gasteiger partial charge in [-0.15, -0.1) is 0 Å². The van der Waals surface area contributed by atoms with E-state index in [0.717, 1.165) is 30.5 Å². The Morgan fingerprint density at radius 3 is 2.48 bits per heavy atom. The van der Waals surface area contributed by atoms with Crippen molar-refractivity contribution in [2.75, 3.05) is 6.54 Å². The van der Waals surface area contributed by atoms with Crippen molar-refractivity contribution in [3.05, 3.63) is 71.3 Å². The fourth-order valence-electron chi connectivity index (χ4n) is 3.03. The van der Waals surface area contributed by atoms with Gasteiger partial charge in [-0.2, -0.15) is 13.2 Å².